The van der Waals surface area contributed by atoms with Crippen LogP contribution in [0, 0.1) is 0 Å². The number of aromatic hydroxyl groups is 1. The highest BCUT2D eigenvalue weighted by Crippen LogP contribution is 2.14. The predicted molar refractivity (Wildman–Crippen MR) is 79.4 cm³/mol. The van der Waals surface area contributed by atoms with Crippen molar-refractivity contribution in [1.29, 1.82) is 0 Å². The van der Waals surface area contributed by atoms with E-state index in [1.165, 1.54) is 11.1 Å². The van der Waals surface area contributed by atoms with Crippen molar-refractivity contribution in [2.75, 3.05) is 7.05 Å². The van der Waals surface area contributed by atoms with E-state index in [4.69, 9.17) is 0 Å². The van der Waals surface area contributed by atoms with Crippen molar-refractivity contribution < 1.29 is 5.11 Å². The maximum absolute atomic E-state index is 9.49. The Hall–Kier alpha value is -1.80. The van der Waals surface area contributed by atoms with E-state index in [2.05, 4.69) is 35.6 Å². The first-order chi connectivity index (χ1) is 9.28. The molecule has 2 nitrogen and oxygen atoms in total. The lowest BCUT2D eigenvalue weighted by molar-refractivity contribution is 0.472. The van der Waals surface area contributed by atoms with E-state index in [0.717, 1.165) is 19.3 Å². The topological polar surface area (TPSA) is 32.3 Å². The number of hydrogen-bond donors (Lipinski definition) is 2. The summed E-state index contributed by atoms with van der Waals surface area (Å²) in [6, 6.07) is 18.5. The molecule has 100 valence electrons. The summed E-state index contributed by atoms with van der Waals surface area (Å²) in [4.78, 5) is 0. The number of nitrogens with one attached hydrogen (secondary N) is 1. The summed E-state index contributed by atoms with van der Waals surface area (Å²) in [5.41, 5.74) is 2.55. The fraction of sp³-hybridized carbons (Fsp3) is 0.294. The van der Waals surface area contributed by atoms with Crippen molar-refractivity contribution in [1.82, 2.24) is 5.32 Å². The highest BCUT2D eigenvalue weighted by atomic mass is 16.3. The molecule has 0 aliphatic rings. The summed E-state index contributed by atoms with van der Waals surface area (Å²) in [6.07, 6.45) is 3.11. The molecule has 0 amide bonds. The number of rotatable bonds is 6. The average molecular weight is 255 g/mol. The Morgan fingerprint density at radius 3 is 2.42 bits per heavy atom. The van der Waals surface area contributed by atoms with Gasteiger partial charge in [0.15, 0.2) is 0 Å². The molecule has 0 radical (unpaired) electrons. The second kappa shape index (κ2) is 6.95. The van der Waals surface area contributed by atoms with E-state index in [1.807, 2.05) is 25.2 Å². The molecular weight excluding hydrogens is 234 g/mol. The number of aryl methyl sites for hydroxylation is 1. The minimum absolute atomic E-state index is 0.343. The van der Waals surface area contributed by atoms with Gasteiger partial charge in [0.1, 0.15) is 5.75 Å². The first-order valence-electron chi connectivity index (χ1n) is 6.77. The Morgan fingerprint density at radius 2 is 1.74 bits per heavy atom. The normalized spacial score (nSPS) is 12.3. The molecule has 0 heterocycles. The summed E-state index contributed by atoms with van der Waals surface area (Å²) in [7, 11) is 2.00. The Morgan fingerprint density at radius 1 is 1.00 bits per heavy atom. The fourth-order valence-electron chi connectivity index (χ4n) is 2.30. The zero-order valence-electron chi connectivity index (χ0n) is 11.3. The van der Waals surface area contributed by atoms with Gasteiger partial charge in [0.2, 0.25) is 0 Å². The van der Waals surface area contributed by atoms with Crippen molar-refractivity contribution in [3.8, 4) is 5.75 Å². The van der Waals surface area contributed by atoms with Gasteiger partial charge in [-0.15, -0.1) is 0 Å². The second-order valence-corrected chi connectivity index (χ2v) is 4.88. The molecule has 2 heteroatoms. The zero-order chi connectivity index (χ0) is 13.5. The molecule has 1 atom stereocenters. The molecule has 0 fully saturated rings. The molecule has 0 aliphatic carbocycles. The molecule has 2 aromatic carbocycles. The molecule has 19 heavy (non-hydrogen) atoms. The van der Waals surface area contributed by atoms with Crippen LogP contribution in [0.1, 0.15) is 17.5 Å². The van der Waals surface area contributed by atoms with Crippen molar-refractivity contribution in [2.45, 2.75) is 25.3 Å². The van der Waals surface area contributed by atoms with Gasteiger partial charge >= 0.3 is 0 Å². The van der Waals surface area contributed by atoms with Gasteiger partial charge in [-0.3, -0.25) is 0 Å². The smallest absolute Gasteiger partial charge is 0.115 e. The Bertz CT molecular complexity index is 496. The highest BCUT2D eigenvalue weighted by Gasteiger charge is 2.08. The number of benzene rings is 2. The third-order valence-corrected chi connectivity index (χ3v) is 3.43. The third kappa shape index (κ3) is 4.42. The number of likely N-dealkylation sites (N-methyl/N-ethyl adjacent to an activating group) is 1. The van der Waals surface area contributed by atoms with Crippen LogP contribution >= 0.6 is 0 Å². The van der Waals surface area contributed by atoms with Crippen LogP contribution in [-0.4, -0.2) is 18.2 Å². The van der Waals surface area contributed by atoms with Gasteiger partial charge in [0, 0.05) is 6.04 Å². The Kier molecular flexibility index (Phi) is 4.99. The maximum Gasteiger partial charge on any atom is 0.115 e. The van der Waals surface area contributed by atoms with E-state index in [0.29, 0.717) is 11.8 Å². The molecular formula is C17H21NO. The van der Waals surface area contributed by atoms with Crippen LogP contribution in [0.15, 0.2) is 54.6 Å². The highest BCUT2D eigenvalue weighted by molar-refractivity contribution is 5.27. The minimum Gasteiger partial charge on any atom is -0.508 e. The molecule has 0 spiro atoms. The van der Waals surface area contributed by atoms with Crippen LogP contribution in [-0.2, 0) is 12.8 Å². The fourth-order valence-corrected chi connectivity index (χ4v) is 2.30. The minimum atomic E-state index is 0.343. The molecule has 0 saturated carbocycles. The van der Waals surface area contributed by atoms with Gasteiger partial charge in [-0.25, -0.2) is 0 Å². The van der Waals surface area contributed by atoms with Crippen LogP contribution in [0.25, 0.3) is 0 Å². The van der Waals surface area contributed by atoms with Crippen LogP contribution in [0.5, 0.6) is 5.75 Å². The van der Waals surface area contributed by atoms with Gasteiger partial charge in [-0.2, -0.15) is 0 Å². The van der Waals surface area contributed by atoms with E-state index in [1.54, 1.807) is 6.07 Å². The van der Waals surface area contributed by atoms with Crippen LogP contribution in [0.2, 0.25) is 0 Å². The SMILES string of the molecule is CNC(CCc1ccccc1)Cc1cccc(O)c1. The summed E-state index contributed by atoms with van der Waals surface area (Å²) in [5, 5.41) is 12.8. The van der Waals surface area contributed by atoms with Crippen molar-refractivity contribution >= 4 is 0 Å². The predicted octanol–water partition coefficient (Wildman–Crippen LogP) is 3.16. The van der Waals surface area contributed by atoms with Crippen LogP contribution < -0.4 is 5.32 Å². The lowest BCUT2D eigenvalue weighted by Gasteiger charge is -2.16. The molecule has 0 saturated heterocycles. The summed E-state index contributed by atoms with van der Waals surface area (Å²) in [5.74, 6) is 0.343. The first-order valence-corrected chi connectivity index (χ1v) is 6.77. The number of hydrogen-bond acceptors (Lipinski definition) is 2. The van der Waals surface area contributed by atoms with Gasteiger partial charge in [-0.1, -0.05) is 42.5 Å². The zero-order valence-corrected chi connectivity index (χ0v) is 11.3. The van der Waals surface area contributed by atoms with E-state index in [-0.39, 0.29) is 0 Å². The Labute approximate surface area is 115 Å². The van der Waals surface area contributed by atoms with E-state index >= 15 is 0 Å². The molecule has 2 N–H and O–H groups in total. The molecule has 2 aromatic rings. The monoisotopic (exact) mass is 255 g/mol. The number of phenols is 1. The molecule has 0 aliphatic heterocycles. The van der Waals surface area contributed by atoms with E-state index < -0.39 is 0 Å². The van der Waals surface area contributed by atoms with Crippen LogP contribution in [0.3, 0.4) is 0 Å². The summed E-state index contributed by atoms with van der Waals surface area (Å²) >= 11 is 0. The average Bonchev–Trinajstić information content (AvgIpc) is 2.44. The second-order valence-electron chi connectivity index (χ2n) is 4.88. The largest absolute Gasteiger partial charge is 0.508 e. The quantitative estimate of drug-likeness (QED) is 0.831. The summed E-state index contributed by atoms with van der Waals surface area (Å²) in [6.45, 7) is 0. The third-order valence-electron chi connectivity index (χ3n) is 3.43. The number of phenolic OH excluding ortho intramolecular Hbond substituents is 1. The van der Waals surface area contributed by atoms with Crippen molar-refractivity contribution in [3.05, 3.63) is 65.7 Å². The van der Waals surface area contributed by atoms with Gasteiger partial charge in [0.25, 0.3) is 0 Å². The lowest BCUT2D eigenvalue weighted by Crippen LogP contribution is -2.28. The molecule has 0 bridgehead atoms. The maximum atomic E-state index is 9.49. The molecule has 2 rings (SSSR count). The molecule has 1 unspecified atom stereocenters. The first kappa shape index (κ1) is 13.6. The lowest BCUT2D eigenvalue weighted by atomic mass is 9.99. The van der Waals surface area contributed by atoms with E-state index in [9.17, 15) is 5.11 Å². The standard InChI is InChI=1S/C17H21NO/c1-18-16(11-10-14-6-3-2-4-7-14)12-15-8-5-9-17(19)13-15/h2-9,13,16,18-19H,10-12H2,1H3. The Balaban J connectivity index is 1.90. The van der Waals surface area contributed by atoms with Gasteiger partial charge in [-0.05, 0) is 49.6 Å². The van der Waals surface area contributed by atoms with Crippen molar-refractivity contribution in [2.24, 2.45) is 0 Å². The summed E-state index contributed by atoms with van der Waals surface area (Å²) < 4.78 is 0. The van der Waals surface area contributed by atoms with Crippen LogP contribution in [0.4, 0.5) is 0 Å². The van der Waals surface area contributed by atoms with Crippen molar-refractivity contribution in [3.63, 3.8) is 0 Å². The molecule has 0 aromatic heterocycles. The van der Waals surface area contributed by atoms with Gasteiger partial charge < -0.3 is 10.4 Å². The van der Waals surface area contributed by atoms with Gasteiger partial charge in [0.05, 0.1) is 0 Å².